The van der Waals surface area contributed by atoms with Crippen LogP contribution in [0.25, 0.3) is 88.4 Å². The second kappa shape index (κ2) is 13.0. The molecule has 0 atom stereocenters. The summed E-state index contributed by atoms with van der Waals surface area (Å²) in [6.07, 6.45) is 0. The van der Waals surface area contributed by atoms with Crippen LogP contribution in [-0.2, 0) is 10.8 Å². The van der Waals surface area contributed by atoms with E-state index in [0.29, 0.717) is 0 Å². The van der Waals surface area contributed by atoms with Crippen LogP contribution in [0.3, 0.4) is 0 Å². The Labute approximate surface area is 366 Å². The van der Waals surface area contributed by atoms with E-state index in [9.17, 15) is 0 Å². The topological polar surface area (TPSA) is 29.5 Å². The average molecular weight is 810 g/mol. The number of hydrogen-bond acceptors (Lipinski definition) is 3. The molecular weight excluding hydrogens is 767 g/mol. The van der Waals surface area contributed by atoms with Gasteiger partial charge in [0.2, 0.25) is 0 Å². The first-order valence-corrected chi connectivity index (χ1v) is 22.0. The van der Waals surface area contributed by atoms with E-state index < -0.39 is 0 Å². The maximum atomic E-state index is 7.01. The van der Waals surface area contributed by atoms with Crippen molar-refractivity contribution in [2.75, 3.05) is 4.90 Å². The summed E-state index contributed by atoms with van der Waals surface area (Å²) in [5, 5.41) is 4.21. The van der Waals surface area contributed by atoms with Gasteiger partial charge in [0.25, 0.3) is 0 Å². The van der Waals surface area contributed by atoms with Crippen molar-refractivity contribution in [1.82, 2.24) is 0 Å². The standard InChI is InChI=1S/C60H43NO2/c1-59(2)49-19-11-8-16-42(49)44-29-26-40(33-51(44)59)61(41-27-30-45-43-17-9-12-20-50(43)60(3,4)52(45)34-41)39-28-31-54-47(32-39)48-35-55-57(46-18-10-13-21-53(46)62-55)56(58(48)63-54)38-24-22-37(23-25-38)36-14-6-5-7-15-36/h5-35H,1-4H3. The van der Waals surface area contributed by atoms with Gasteiger partial charge in [-0.1, -0.05) is 161 Å². The third-order valence-corrected chi connectivity index (χ3v) is 14.3. The number of hydrogen-bond donors (Lipinski definition) is 0. The zero-order chi connectivity index (χ0) is 42.2. The summed E-state index contributed by atoms with van der Waals surface area (Å²) in [7, 11) is 0. The van der Waals surface area contributed by atoms with E-state index in [-0.39, 0.29) is 10.8 Å². The lowest BCUT2D eigenvalue weighted by Gasteiger charge is -2.29. The highest BCUT2D eigenvalue weighted by atomic mass is 16.3. The van der Waals surface area contributed by atoms with E-state index in [4.69, 9.17) is 8.83 Å². The molecule has 0 radical (unpaired) electrons. The summed E-state index contributed by atoms with van der Waals surface area (Å²) in [6, 6.07) is 68.5. The van der Waals surface area contributed by atoms with Crippen LogP contribution in [0.15, 0.2) is 197 Å². The van der Waals surface area contributed by atoms with Crippen molar-refractivity contribution in [3.63, 3.8) is 0 Å². The van der Waals surface area contributed by atoms with Crippen molar-refractivity contribution in [1.29, 1.82) is 0 Å². The Balaban J connectivity index is 1.04. The van der Waals surface area contributed by atoms with Gasteiger partial charge in [0.05, 0.1) is 0 Å². The van der Waals surface area contributed by atoms with Crippen molar-refractivity contribution < 1.29 is 8.83 Å². The van der Waals surface area contributed by atoms with Gasteiger partial charge < -0.3 is 13.7 Å². The minimum Gasteiger partial charge on any atom is -0.456 e. The molecule has 63 heavy (non-hydrogen) atoms. The van der Waals surface area contributed by atoms with Gasteiger partial charge in [-0.3, -0.25) is 0 Å². The predicted molar refractivity (Wildman–Crippen MR) is 262 cm³/mol. The van der Waals surface area contributed by atoms with E-state index >= 15 is 0 Å². The lowest BCUT2D eigenvalue weighted by Crippen LogP contribution is -2.18. The molecule has 2 heterocycles. The summed E-state index contributed by atoms with van der Waals surface area (Å²) < 4.78 is 13.7. The summed E-state index contributed by atoms with van der Waals surface area (Å²) in [4.78, 5) is 2.44. The fourth-order valence-corrected chi connectivity index (χ4v) is 11.1. The van der Waals surface area contributed by atoms with Crippen molar-refractivity contribution in [3.05, 3.63) is 210 Å². The first kappa shape index (κ1) is 36.1. The fraction of sp³-hybridized carbons (Fsp3) is 0.100. The van der Waals surface area contributed by atoms with Crippen molar-refractivity contribution >= 4 is 60.9 Å². The summed E-state index contributed by atoms with van der Waals surface area (Å²) >= 11 is 0. The predicted octanol–water partition coefficient (Wildman–Crippen LogP) is 16.9. The van der Waals surface area contributed by atoms with Crippen LogP contribution in [0.1, 0.15) is 49.9 Å². The van der Waals surface area contributed by atoms with Crippen molar-refractivity contribution in [2.24, 2.45) is 0 Å². The molecule has 0 spiro atoms. The SMILES string of the molecule is CC1(C)c2ccccc2-c2ccc(N(c3ccc4c(c3)C(C)(C)c3ccccc3-4)c3ccc4oc5c(-c6ccc(-c7ccccc7)cc6)c6c(cc5c4c3)oc3ccccc36)cc21. The quantitative estimate of drug-likeness (QED) is 0.173. The summed E-state index contributed by atoms with van der Waals surface area (Å²) in [6.45, 7) is 9.43. The molecule has 2 aliphatic rings. The Morgan fingerprint density at radius 1 is 0.349 bits per heavy atom. The molecule has 3 nitrogen and oxygen atoms in total. The number of furan rings is 2. The van der Waals surface area contributed by atoms with E-state index in [0.717, 1.165) is 72.1 Å². The molecule has 0 saturated carbocycles. The molecule has 13 rings (SSSR count). The van der Waals surface area contributed by atoms with Gasteiger partial charge in [-0.05, 0) is 116 Å². The van der Waals surface area contributed by atoms with Crippen LogP contribution in [0.4, 0.5) is 17.1 Å². The minimum absolute atomic E-state index is 0.145. The maximum Gasteiger partial charge on any atom is 0.144 e. The Bertz CT molecular complexity index is 3570. The van der Waals surface area contributed by atoms with Crippen molar-refractivity contribution in [3.8, 4) is 44.5 Å². The first-order valence-electron chi connectivity index (χ1n) is 22.0. The largest absolute Gasteiger partial charge is 0.456 e. The molecular formula is C60H43NO2. The van der Waals surface area contributed by atoms with Gasteiger partial charge in [0, 0.05) is 55.0 Å². The molecule has 11 aromatic rings. The number of fused-ring (bicyclic) bond motifs is 12. The Morgan fingerprint density at radius 3 is 1.52 bits per heavy atom. The van der Waals surface area contributed by atoms with Gasteiger partial charge in [-0.2, -0.15) is 0 Å². The molecule has 0 fully saturated rings. The summed E-state index contributed by atoms with van der Waals surface area (Å²) in [5.74, 6) is 0. The van der Waals surface area contributed by atoms with E-state index in [1.165, 1.54) is 55.6 Å². The number of para-hydroxylation sites is 1. The zero-order valence-corrected chi connectivity index (χ0v) is 35.7. The minimum atomic E-state index is -0.145. The molecule has 0 bridgehead atoms. The molecule has 2 aromatic heterocycles. The third kappa shape index (κ3) is 5.14. The molecule has 0 aliphatic heterocycles. The second-order valence-corrected chi connectivity index (χ2v) is 18.5. The normalized spacial score (nSPS) is 14.3. The van der Waals surface area contributed by atoms with Gasteiger partial charge in [0.15, 0.2) is 0 Å². The molecule has 0 amide bonds. The Kier molecular flexibility index (Phi) is 7.42. The molecule has 9 aromatic carbocycles. The van der Waals surface area contributed by atoms with Gasteiger partial charge in [0.1, 0.15) is 22.3 Å². The van der Waals surface area contributed by atoms with Crippen LogP contribution in [0.2, 0.25) is 0 Å². The summed E-state index contributed by atoms with van der Waals surface area (Å²) in [5.41, 5.74) is 21.6. The number of nitrogens with zero attached hydrogens (tertiary/aromatic N) is 1. The van der Waals surface area contributed by atoms with Crippen molar-refractivity contribution in [2.45, 2.75) is 38.5 Å². The first-order chi connectivity index (χ1) is 30.7. The fourth-order valence-electron chi connectivity index (χ4n) is 11.1. The lowest BCUT2D eigenvalue weighted by molar-refractivity contribution is 0.660. The highest BCUT2D eigenvalue weighted by molar-refractivity contribution is 6.23. The molecule has 0 saturated heterocycles. The molecule has 3 heteroatoms. The molecule has 0 N–H and O–H groups in total. The van der Waals surface area contributed by atoms with Gasteiger partial charge in [-0.15, -0.1) is 0 Å². The molecule has 0 unspecified atom stereocenters. The monoisotopic (exact) mass is 809 g/mol. The van der Waals surface area contributed by atoms with E-state index in [1.54, 1.807) is 0 Å². The van der Waals surface area contributed by atoms with Crippen LogP contribution >= 0.6 is 0 Å². The molecule has 2 aliphatic carbocycles. The zero-order valence-electron chi connectivity index (χ0n) is 35.7. The number of anilines is 3. The van der Waals surface area contributed by atoms with Gasteiger partial charge >= 0.3 is 0 Å². The van der Waals surface area contributed by atoms with Crippen LogP contribution in [-0.4, -0.2) is 0 Å². The highest BCUT2D eigenvalue weighted by Gasteiger charge is 2.38. The van der Waals surface area contributed by atoms with E-state index in [1.807, 2.05) is 6.07 Å². The van der Waals surface area contributed by atoms with Crippen LogP contribution in [0, 0.1) is 0 Å². The highest BCUT2D eigenvalue weighted by Crippen LogP contribution is 2.54. The van der Waals surface area contributed by atoms with Gasteiger partial charge in [-0.25, -0.2) is 0 Å². The Morgan fingerprint density at radius 2 is 0.857 bits per heavy atom. The lowest BCUT2D eigenvalue weighted by atomic mass is 9.82. The third-order valence-electron chi connectivity index (χ3n) is 14.3. The van der Waals surface area contributed by atoms with E-state index in [2.05, 4.69) is 215 Å². The number of rotatable bonds is 5. The average Bonchev–Trinajstić information content (AvgIpc) is 4.01. The second-order valence-electron chi connectivity index (χ2n) is 18.5. The number of benzene rings is 9. The van der Waals surface area contributed by atoms with Crippen LogP contribution < -0.4 is 4.90 Å². The smallest absolute Gasteiger partial charge is 0.144 e. The van der Waals surface area contributed by atoms with Crippen LogP contribution in [0.5, 0.6) is 0 Å². The maximum absolute atomic E-state index is 7.01. The molecule has 300 valence electrons. The Hall–Kier alpha value is -7.62.